The molecule has 1 fully saturated rings. The lowest BCUT2D eigenvalue weighted by molar-refractivity contribution is 0.0681. The Morgan fingerprint density at radius 1 is 1.21 bits per heavy atom. The van der Waals surface area contributed by atoms with Crippen LogP contribution in [0.3, 0.4) is 0 Å². The van der Waals surface area contributed by atoms with Crippen LogP contribution in [0.2, 0.25) is 0 Å². The normalized spacial score (nSPS) is 16.8. The van der Waals surface area contributed by atoms with Crippen molar-refractivity contribution in [1.82, 2.24) is 0 Å². The Kier molecular flexibility index (Phi) is 6.70. The summed E-state index contributed by atoms with van der Waals surface area (Å²) in [6, 6.07) is 14.9. The van der Waals surface area contributed by atoms with Gasteiger partial charge < -0.3 is 19.9 Å². The summed E-state index contributed by atoms with van der Waals surface area (Å²) in [7, 11) is 0. The SMILES string of the molecule is CC(C)(O)CCc1ccc(C(=O)Nc2ccccc2OCC2CCCO2)cc1. The molecule has 5 heteroatoms. The van der Waals surface area contributed by atoms with E-state index in [0.717, 1.165) is 31.4 Å². The lowest BCUT2D eigenvalue weighted by Crippen LogP contribution is -2.19. The summed E-state index contributed by atoms with van der Waals surface area (Å²) < 4.78 is 11.5. The number of carbonyl (C=O) groups excluding carboxylic acids is 1. The summed E-state index contributed by atoms with van der Waals surface area (Å²) >= 11 is 0. The molecule has 1 amide bonds. The maximum absolute atomic E-state index is 12.6. The maximum Gasteiger partial charge on any atom is 0.255 e. The van der Waals surface area contributed by atoms with Crippen molar-refractivity contribution in [1.29, 1.82) is 0 Å². The fourth-order valence-corrected chi connectivity index (χ4v) is 3.12. The highest BCUT2D eigenvalue weighted by Gasteiger charge is 2.17. The van der Waals surface area contributed by atoms with Gasteiger partial charge in [-0.1, -0.05) is 24.3 Å². The van der Waals surface area contributed by atoms with Crippen LogP contribution in [0.5, 0.6) is 5.75 Å². The number of hydrogen-bond acceptors (Lipinski definition) is 4. The van der Waals surface area contributed by atoms with Crippen LogP contribution in [0.25, 0.3) is 0 Å². The van der Waals surface area contributed by atoms with Gasteiger partial charge in [0.25, 0.3) is 5.91 Å². The lowest BCUT2D eigenvalue weighted by Gasteiger charge is -2.17. The van der Waals surface area contributed by atoms with Crippen molar-refractivity contribution in [3.63, 3.8) is 0 Å². The maximum atomic E-state index is 12.6. The first kappa shape index (κ1) is 20.4. The molecule has 1 aliphatic heterocycles. The molecular weight excluding hydrogens is 354 g/mol. The standard InChI is InChI=1S/C23H29NO4/c1-23(2,26)14-13-17-9-11-18(12-10-17)22(25)24-20-7-3-4-8-21(20)28-16-19-6-5-15-27-19/h3-4,7-12,19,26H,5-6,13-16H2,1-2H3,(H,24,25). The van der Waals surface area contributed by atoms with Crippen LogP contribution in [-0.2, 0) is 11.2 Å². The third-order valence-electron chi connectivity index (χ3n) is 4.83. The van der Waals surface area contributed by atoms with Gasteiger partial charge in [0, 0.05) is 12.2 Å². The van der Waals surface area contributed by atoms with E-state index in [1.165, 1.54) is 0 Å². The van der Waals surface area contributed by atoms with E-state index >= 15 is 0 Å². The van der Waals surface area contributed by atoms with Crippen LogP contribution in [-0.4, -0.2) is 35.9 Å². The third-order valence-corrected chi connectivity index (χ3v) is 4.83. The van der Waals surface area contributed by atoms with Crippen LogP contribution >= 0.6 is 0 Å². The van der Waals surface area contributed by atoms with Gasteiger partial charge in [0.1, 0.15) is 12.4 Å². The first-order chi connectivity index (χ1) is 13.4. The van der Waals surface area contributed by atoms with Crippen LogP contribution in [0.15, 0.2) is 48.5 Å². The van der Waals surface area contributed by atoms with Crippen molar-refractivity contribution in [3.05, 3.63) is 59.7 Å². The second kappa shape index (κ2) is 9.22. The van der Waals surface area contributed by atoms with Gasteiger partial charge in [0.15, 0.2) is 0 Å². The number of para-hydroxylation sites is 2. The van der Waals surface area contributed by atoms with Crippen LogP contribution in [0.1, 0.15) is 49.0 Å². The van der Waals surface area contributed by atoms with E-state index in [9.17, 15) is 9.90 Å². The number of nitrogens with one attached hydrogen (secondary N) is 1. The number of carbonyl (C=O) groups is 1. The molecule has 1 aliphatic rings. The molecule has 0 aromatic heterocycles. The van der Waals surface area contributed by atoms with E-state index in [1.54, 1.807) is 13.8 Å². The Hall–Kier alpha value is -2.37. The molecule has 3 rings (SSSR count). The summed E-state index contributed by atoms with van der Waals surface area (Å²) in [5.41, 5.74) is 1.64. The first-order valence-electron chi connectivity index (χ1n) is 9.87. The minimum absolute atomic E-state index is 0.125. The summed E-state index contributed by atoms with van der Waals surface area (Å²) in [6.45, 7) is 4.88. The molecule has 150 valence electrons. The van der Waals surface area contributed by atoms with E-state index in [2.05, 4.69) is 5.32 Å². The van der Waals surface area contributed by atoms with E-state index < -0.39 is 5.60 Å². The number of amides is 1. The first-order valence-corrected chi connectivity index (χ1v) is 9.87. The Balaban J connectivity index is 1.59. The molecule has 0 bridgehead atoms. The fourth-order valence-electron chi connectivity index (χ4n) is 3.12. The highest BCUT2D eigenvalue weighted by Crippen LogP contribution is 2.26. The van der Waals surface area contributed by atoms with Crippen molar-refractivity contribution >= 4 is 11.6 Å². The minimum atomic E-state index is -0.691. The van der Waals surface area contributed by atoms with Gasteiger partial charge in [0.2, 0.25) is 0 Å². The molecular formula is C23H29NO4. The second-order valence-corrected chi connectivity index (χ2v) is 7.91. The summed E-state index contributed by atoms with van der Waals surface area (Å²) in [5, 5.41) is 12.8. The highest BCUT2D eigenvalue weighted by atomic mass is 16.5. The number of hydrogen-bond donors (Lipinski definition) is 2. The Morgan fingerprint density at radius 2 is 1.96 bits per heavy atom. The second-order valence-electron chi connectivity index (χ2n) is 7.91. The van der Waals surface area contributed by atoms with Crippen LogP contribution in [0.4, 0.5) is 5.69 Å². The highest BCUT2D eigenvalue weighted by molar-refractivity contribution is 6.05. The quantitative estimate of drug-likeness (QED) is 0.717. The van der Waals surface area contributed by atoms with Gasteiger partial charge in [-0.15, -0.1) is 0 Å². The van der Waals surface area contributed by atoms with E-state index in [1.807, 2.05) is 48.5 Å². The molecule has 2 aromatic rings. The van der Waals surface area contributed by atoms with Gasteiger partial charge in [-0.2, -0.15) is 0 Å². The number of rotatable bonds is 8. The number of aryl methyl sites for hydroxylation is 1. The smallest absolute Gasteiger partial charge is 0.255 e. The fraction of sp³-hybridized carbons (Fsp3) is 0.435. The molecule has 0 radical (unpaired) electrons. The molecule has 2 aromatic carbocycles. The molecule has 28 heavy (non-hydrogen) atoms. The molecule has 1 saturated heterocycles. The summed E-state index contributed by atoms with van der Waals surface area (Å²) in [5.74, 6) is 0.468. The molecule has 0 saturated carbocycles. The van der Waals surface area contributed by atoms with Gasteiger partial charge in [-0.25, -0.2) is 0 Å². The number of benzene rings is 2. The van der Waals surface area contributed by atoms with Crippen molar-refractivity contribution in [2.75, 3.05) is 18.5 Å². The molecule has 1 atom stereocenters. The van der Waals surface area contributed by atoms with Crippen LogP contribution < -0.4 is 10.1 Å². The van der Waals surface area contributed by atoms with E-state index in [4.69, 9.17) is 9.47 Å². The van der Waals surface area contributed by atoms with Crippen molar-refractivity contribution in [2.45, 2.75) is 51.2 Å². The lowest BCUT2D eigenvalue weighted by atomic mass is 9.98. The number of ether oxygens (including phenoxy) is 2. The topological polar surface area (TPSA) is 67.8 Å². The largest absolute Gasteiger partial charge is 0.489 e. The average molecular weight is 383 g/mol. The molecule has 0 spiro atoms. The zero-order valence-corrected chi connectivity index (χ0v) is 16.6. The Bertz CT molecular complexity index is 774. The molecule has 2 N–H and O–H groups in total. The zero-order chi connectivity index (χ0) is 20.0. The molecule has 0 aliphatic carbocycles. The Morgan fingerprint density at radius 3 is 2.64 bits per heavy atom. The van der Waals surface area contributed by atoms with Gasteiger partial charge >= 0.3 is 0 Å². The predicted octanol–water partition coefficient (Wildman–Crippen LogP) is 4.20. The summed E-state index contributed by atoms with van der Waals surface area (Å²) in [6.07, 6.45) is 3.64. The number of anilines is 1. The monoisotopic (exact) mass is 383 g/mol. The molecule has 5 nitrogen and oxygen atoms in total. The Labute approximate surface area is 166 Å². The van der Waals surface area contributed by atoms with Crippen LogP contribution in [0, 0.1) is 0 Å². The molecule has 1 unspecified atom stereocenters. The van der Waals surface area contributed by atoms with Crippen molar-refractivity contribution < 1.29 is 19.4 Å². The van der Waals surface area contributed by atoms with E-state index in [0.29, 0.717) is 30.0 Å². The van der Waals surface area contributed by atoms with Crippen molar-refractivity contribution in [2.24, 2.45) is 0 Å². The van der Waals surface area contributed by atoms with Gasteiger partial charge in [-0.05, 0) is 69.4 Å². The number of aliphatic hydroxyl groups is 1. The zero-order valence-electron chi connectivity index (χ0n) is 16.6. The minimum Gasteiger partial charge on any atom is -0.489 e. The van der Waals surface area contributed by atoms with E-state index in [-0.39, 0.29) is 12.0 Å². The van der Waals surface area contributed by atoms with Gasteiger partial charge in [0.05, 0.1) is 17.4 Å². The third kappa shape index (κ3) is 6.08. The predicted molar refractivity (Wildman–Crippen MR) is 110 cm³/mol. The van der Waals surface area contributed by atoms with Crippen molar-refractivity contribution in [3.8, 4) is 5.75 Å². The summed E-state index contributed by atoms with van der Waals surface area (Å²) in [4.78, 5) is 12.6. The van der Waals surface area contributed by atoms with Gasteiger partial charge in [-0.3, -0.25) is 4.79 Å². The average Bonchev–Trinajstić information content (AvgIpc) is 3.19. The molecule has 1 heterocycles.